The van der Waals surface area contributed by atoms with Gasteiger partial charge in [0.1, 0.15) is 0 Å². The smallest absolute Gasteiger partial charge is 0.0664 e. The number of benzene rings is 1. The number of hydrogen-bond acceptors (Lipinski definition) is 1. The van der Waals surface area contributed by atoms with Crippen molar-refractivity contribution in [3.8, 4) is 0 Å². The Kier molecular flexibility index (Phi) is 5.33. The summed E-state index contributed by atoms with van der Waals surface area (Å²) in [6, 6.07) is 11.2. The standard InChI is InChI=1S/C19H37NSi4/c1-21(2,3)24(22(4,5)6,23(7,8)9)18-15-16-20-19(18)17-13-11-10-12-14-17/h10-14,20H,15-16H2,1-9H3. The van der Waals surface area contributed by atoms with Gasteiger partial charge in [-0.2, -0.15) is 0 Å². The van der Waals surface area contributed by atoms with E-state index in [1.165, 1.54) is 17.7 Å². The van der Waals surface area contributed by atoms with Crippen LogP contribution in [0, 0.1) is 0 Å². The summed E-state index contributed by atoms with van der Waals surface area (Å²) in [6.45, 7) is 23.9. The highest BCUT2D eigenvalue weighted by atomic mass is 29.9. The molecule has 0 fully saturated rings. The van der Waals surface area contributed by atoms with E-state index in [9.17, 15) is 0 Å². The second-order valence-electron chi connectivity index (χ2n) is 10.4. The molecule has 0 radical (unpaired) electrons. The van der Waals surface area contributed by atoms with E-state index in [0.717, 1.165) is 6.54 Å². The third-order valence-corrected chi connectivity index (χ3v) is 77.5. The molecule has 2 rings (SSSR count). The van der Waals surface area contributed by atoms with Gasteiger partial charge in [-0.25, -0.2) is 0 Å². The molecule has 1 nitrogen and oxygen atoms in total. The lowest BCUT2D eigenvalue weighted by Crippen LogP contribution is -2.83. The van der Waals surface area contributed by atoms with E-state index in [1.807, 2.05) is 5.20 Å². The van der Waals surface area contributed by atoms with E-state index in [2.05, 4.69) is 94.6 Å². The van der Waals surface area contributed by atoms with Gasteiger partial charge in [-0.15, -0.1) is 0 Å². The lowest BCUT2D eigenvalue weighted by Gasteiger charge is -2.58. The molecule has 0 atom stereocenters. The van der Waals surface area contributed by atoms with E-state index in [1.54, 1.807) is 0 Å². The molecule has 0 bridgehead atoms. The lowest BCUT2D eigenvalue weighted by atomic mass is 10.1. The van der Waals surface area contributed by atoms with Crippen molar-refractivity contribution >= 4 is 35.1 Å². The van der Waals surface area contributed by atoms with Crippen LogP contribution in [0.2, 0.25) is 58.9 Å². The van der Waals surface area contributed by atoms with Crippen molar-refractivity contribution in [1.82, 2.24) is 5.32 Å². The average Bonchev–Trinajstić information content (AvgIpc) is 2.84. The molecule has 0 aromatic heterocycles. The predicted octanol–water partition coefficient (Wildman–Crippen LogP) is 5.63. The Morgan fingerprint density at radius 3 is 1.58 bits per heavy atom. The summed E-state index contributed by atoms with van der Waals surface area (Å²) in [5.74, 6) is 0. The molecule has 1 heterocycles. The summed E-state index contributed by atoms with van der Waals surface area (Å²) in [4.78, 5) is 0. The van der Waals surface area contributed by atoms with Crippen LogP contribution in [-0.2, 0) is 0 Å². The molecule has 0 saturated carbocycles. The van der Waals surface area contributed by atoms with Crippen molar-refractivity contribution in [3.05, 3.63) is 41.1 Å². The summed E-state index contributed by atoms with van der Waals surface area (Å²) in [5.41, 5.74) is 2.96. The molecular formula is C19H37NSi4. The van der Waals surface area contributed by atoms with E-state index in [0.29, 0.717) is 0 Å². The van der Waals surface area contributed by atoms with Crippen LogP contribution in [0.15, 0.2) is 35.5 Å². The fourth-order valence-electron chi connectivity index (χ4n) is 6.53. The first kappa shape index (κ1) is 19.9. The largest absolute Gasteiger partial charge is 0.385 e. The highest BCUT2D eigenvalue weighted by Gasteiger charge is 2.64. The van der Waals surface area contributed by atoms with Gasteiger partial charge in [0, 0.05) is 35.0 Å². The summed E-state index contributed by atoms with van der Waals surface area (Å²) in [5, 5.41) is 5.76. The van der Waals surface area contributed by atoms with Gasteiger partial charge in [0.25, 0.3) is 0 Å². The second-order valence-corrected chi connectivity index (χ2v) is 50.7. The topological polar surface area (TPSA) is 12.0 Å². The van der Waals surface area contributed by atoms with Gasteiger partial charge in [0.2, 0.25) is 0 Å². The average molecular weight is 392 g/mol. The fraction of sp³-hybridized carbons (Fsp3) is 0.579. The van der Waals surface area contributed by atoms with Crippen molar-refractivity contribution < 1.29 is 0 Å². The Bertz CT molecular complexity index is 579. The maximum atomic E-state index is 3.83. The van der Waals surface area contributed by atoms with E-state index >= 15 is 0 Å². The zero-order valence-corrected chi connectivity index (χ0v) is 21.3. The van der Waals surface area contributed by atoms with Gasteiger partial charge in [-0.3, -0.25) is 0 Å². The Hall–Kier alpha value is -0.372. The molecule has 1 aliphatic heterocycles. The van der Waals surface area contributed by atoms with Crippen LogP contribution in [0.3, 0.4) is 0 Å². The maximum Gasteiger partial charge on any atom is 0.0664 e. The minimum Gasteiger partial charge on any atom is -0.385 e. The van der Waals surface area contributed by atoms with E-state index < -0.39 is 29.4 Å². The summed E-state index contributed by atoms with van der Waals surface area (Å²) >= 11 is 0. The van der Waals surface area contributed by atoms with E-state index in [4.69, 9.17) is 0 Å². The quantitative estimate of drug-likeness (QED) is 0.641. The first-order chi connectivity index (χ1) is 10.8. The molecule has 0 spiro atoms. The monoisotopic (exact) mass is 391 g/mol. The molecule has 0 unspecified atom stereocenters. The summed E-state index contributed by atoms with van der Waals surface area (Å²) in [6.07, 6.45) is 1.30. The zero-order valence-electron chi connectivity index (χ0n) is 17.3. The van der Waals surface area contributed by atoms with Gasteiger partial charge in [-0.05, 0) is 12.0 Å². The number of rotatable bonds is 5. The Morgan fingerprint density at radius 1 is 0.708 bits per heavy atom. The summed E-state index contributed by atoms with van der Waals surface area (Å²) in [7, 11) is -3.85. The van der Waals surface area contributed by atoms with Crippen LogP contribution in [-0.4, -0.2) is 35.9 Å². The minimum atomic E-state index is -1.48. The first-order valence-corrected chi connectivity index (χ1v) is 24.9. The van der Waals surface area contributed by atoms with Crippen molar-refractivity contribution in [2.75, 3.05) is 6.54 Å². The zero-order chi connectivity index (χ0) is 18.4. The van der Waals surface area contributed by atoms with Crippen LogP contribution in [0.1, 0.15) is 12.0 Å². The minimum absolute atomic E-state index is 1.15. The molecule has 5 heteroatoms. The van der Waals surface area contributed by atoms with Gasteiger partial charge in [0.05, 0.1) is 6.63 Å². The molecule has 24 heavy (non-hydrogen) atoms. The third kappa shape index (κ3) is 3.08. The van der Waals surface area contributed by atoms with Crippen LogP contribution in [0.5, 0.6) is 0 Å². The maximum absolute atomic E-state index is 3.83. The summed E-state index contributed by atoms with van der Waals surface area (Å²) < 4.78 is 0. The van der Waals surface area contributed by atoms with Crippen LogP contribution in [0.25, 0.3) is 5.70 Å². The van der Waals surface area contributed by atoms with Crippen LogP contribution in [0.4, 0.5) is 0 Å². The van der Waals surface area contributed by atoms with Gasteiger partial charge >= 0.3 is 0 Å². The molecule has 0 saturated heterocycles. The van der Waals surface area contributed by atoms with Gasteiger partial charge in [-0.1, -0.05) is 94.5 Å². The van der Waals surface area contributed by atoms with Crippen molar-refractivity contribution in [1.29, 1.82) is 0 Å². The third-order valence-electron chi connectivity index (χ3n) is 5.87. The highest BCUT2D eigenvalue weighted by molar-refractivity contribution is 7.91. The molecule has 1 N–H and O–H groups in total. The van der Waals surface area contributed by atoms with Crippen LogP contribution >= 0.6 is 0 Å². The molecule has 1 aromatic carbocycles. The first-order valence-electron chi connectivity index (χ1n) is 9.37. The molecule has 0 aliphatic carbocycles. The number of hydrogen-bond donors (Lipinski definition) is 1. The highest BCUT2D eigenvalue weighted by Crippen LogP contribution is 2.46. The van der Waals surface area contributed by atoms with Gasteiger partial charge in [0.15, 0.2) is 0 Å². The molecule has 0 amide bonds. The normalized spacial score (nSPS) is 17.2. The molecule has 1 aliphatic rings. The molecule has 1 aromatic rings. The van der Waals surface area contributed by atoms with Crippen molar-refractivity contribution in [2.45, 2.75) is 65.3 Å². The Labute approximate surface area is 153 Å². The van der Waals surface area contributed by atoms with Crippen LogP contribution < -0.4 is 5.32 Å². The lowest BCUT2D eigenvalue weighted by molar-refractivity contribution is 0.923. The molecular weight excluding hydrogens is 355 g/mol. The predicted molar refractivity (Wildman–Crippen MR) is 122 cm³/mol. The SMILES string of the molecule is C[Si](C)(C)[Si](C1=C(c2ccccc2)NCC1)([Si](C)(C)C)[Si](C)(C)C. The number of nitrogens with one attached hydrogen (secondary N) is 1. The fourth-order valence-corrected chi connectivity index (χ4v) is 109. The van der Waals surface area contributed by atoms with Crippen molar-refractivity contribution in [3.63, 3.8) is 0 Å². The van der Waals surface area contributed by atoms with Crippen molar-refractivity contribution in [2.24, 2.45) is 0 Å². The van der Waals surface area contributed by atoms with Gasteiger partial charge < -0.3 is 5.32 Å². The Morgan fingerprint density at radius 2 is 1.17 bits per heavy atom. The Balaban J connectivity index is 2.86. The van der Waals surface area contributed by atoms with E-state index in [-0.39, 0.29) is 0 Å². The second kappa shape index (κ2) is 6.41. The molecule has 134 valence electrons.